The van der Waals surface area contributed by atoms with Crippen molar-refractivity contribution in [2.24, 2.45) is 28.9 Å². The third-order valence-electron chi connectivity index (χ3n) is 13.5. The van der Waals surface area contributed by atoms with Crippen molar-refractivity contribution in [3.63, 3.8) is 0 Å². The van der Waals surface area contributed by atoms with Crippen molar-refractivity contribution < 1.29 is 53.6 Å². The van der Waals surface area contributed by atoms with Crippen LogP contribution in [0.5, 0.6) is 0 Å². The predicted molar refractivity (Wildman–Crippen MR) is 219 cm³/mol. The summed E-state index contributed by atoms with van der Waals surface area (Å²) in [7, 11) is 5.46. The van der Waals surface area contributed by atoms with Gasteiger partial charge in [0.25, 0.3) is 0 Å². The fourth-order valence-corrected chi connectivity index (χ4v) is 9.38. The molecule has 3 aliphatic heterocycles. The fourth-order valence-electron chi connectivity index (χ4n) is 9.38. The lowest BCUT2D eigenvalue weighted by Gasteiger charge is -2.49. The zero-order chi connectivity index (χ0) is 43.6. The number of aliphatic hydroxyl groups excluding tert-OH is 2. The topological polar surface area (TPSA) is 186 Å². The maximum absolute atomic E-state index is 14.3. The molecule has 336 valence electrons. The number of carbonyl (C=O) groups excluding carboxylic acids is 1. The van der Waals surface area contributed by atoms with Crippen LogP contribution in [0.2, 0.25) is 0 Å². The second-order valence-corrected chi connectivity index (χ2v) is 20.1. The van der Waals surface area contributed by atoms with E-state index in [0.29, 0.717) is 13.0 Å². The lowest BCUT2D eigenvalue weighted by Crippen LogP contribution is -2.62. The highest BCUT2D eigenvalue weighted by Gasteiger charge is 2.52. The number of carbonyl (C=O) groups is 1. The van der Waals surface area contributed by atoms with Crippen molar-refractivity contribution in [3.8, 4) is 0 Å². The van der Waals surface area contributed by atoms with Crippen LogP contribution >= 0.6 is 0 Å². The Kier molecular flexibility index (Phi) is 17.5. The average Bonchev–Trinajstić information content (AvgIpc) is 3.11. The Hall–Kier alpha value is -1.01. The summed E-state index contributed by atoms with van der Waals surface area (Å²) in [5, 5.41) is 48.0. The Labute approximate surface area is 344 Å². The zero-order valence-corrected chi connectivity index (χ0v) is 38.2. The molecule has 3 saturated heterocycles. The van der Waals surface area contributed by atoms with E-state index in [1.54, 1.807) is 27.9 Å². The van der Waals surface area contributed by atoms with Gasteiger partial charge in [0, 0.05) is 38.1 Å². The van der Waals surface area contributed by atoms with Crippen molar-refractivity contribution in [1.29, 1.82) is 0 Å². The first kappa shape index (κ1) is 50.3. The van der Waals surface area contributed by atoms with Gasteiger partial charge in [0.05, 0.1) is 47.6 Å². The van der Waals surface area contributed by atoms with Crippen LogP contribution in [0.15, 0.2) is 0 Å². The van der Waals surface area contributed by atoms with E-state index >= 15 is 0 Å². The predicted octanol–water partition coefficient (Wildman–Crippen LogP) is 3.67. The molecule has 3 fully saturated rings. The highest BCUT2D eigenvalue weighted by Crippen LogP contribution is 2.40. The molecule has 0 radical (unpaired) electrons. The maximum atomic E-state index is 14.3. The molecular formula is C43H83N3O11. The molecule has 18 atom stereocenters. The monoisotopic (exact) mass is 818 g/mol. The standard InChI is InChI=1S/C43H83N3O11/c1-17-31-43(13,51)36(48)28(6)46(15)23-24(2)21-41(11,50)37(57-39-33(47)30(20-25(3)53-39)45(14)19-18-40(8,9)10)26(4)34(27(5)38(49)55-31)56-32-22-42(12,52-16)35(44)29(7)54-32/h24-37,39,47-48,50-51H,17-23,44H2,1-16H3/t24-,25-,26+,27-,28-,29+,30+,31-,32+,33-,34+,35+,36-,37-,39+,41-,42-,43-/m1/s1. The van der Waals surface area contributed by atoms with Crippen LogP contribution in [-0.2, 0) is 33.2 Å². The number of hydrogen-bond acceptors (Lipinski definition) is 14. The second kappa shape index (κ2) is 19.8. The number of aliphatic hydroxyl groups is 4. The summed E-state index contributed by atoms with van der Waals surface area (Å²) in [6, 6.07) is -1.25. The number of hydrogen-bond donors (Lipinski definition) is 5. The van der Waals surface area contributed by atoms with E-state index in [9.17, 15) is 25.2 Å². The Bertz CT molecular complexity index is 1270. The van der Waals surface area contributed by atoms with Gasteiger partial charge >= 0.3 is 5.97 Å². The highest BCUT2D eigenvalue weighted by molar-refractivity contribution is 5.73. The van der Waals surface area contributed by atoms with Gasteiger partial charge in [-0.25, -0.2) is 0 Å². The first-order chi connectivity index (χ1) is 26.1. The lowest BCUT2D eigenvalue weighted by atomic mass is 9.77. The van der Waals surface area contributed by atoms with Gasteiger partial charge < -0.3 is 64.4 Å². The molecular weight excluding hydrogens is 734 g/mol. The van der Waals surface area contributed by atoms with E-state index in [1.807, 2.05) is 60.5 Å². The number of ether oxygens (including phenoxy) is 6. The number of nitrogens with two attached hydrogens (primary N) is 1. The Morgan fingerprint density at radius 1 is 1.00 bits per heavy atom. The number of nitrogens with zero attached hydrogens (tertiary/aromatic N) is 2. The van der Waals surface area contributed by atoms with Crippen LogP contribution in [0.3, 0.4) is 0 Å². The summed E-state index contributed by atoms with van der Waals surface area (Å²) < 4.78 is 38.4. The Morgan fingerprint density at radius 3 is 2.18 bits per heavy atom. The molecule has 6 N–H and O–H groups in total. The van der Waals surface area contributed by atoms with Crippen LogP contribution in [0, 0.1) is 23.2 Å². The molecule has 0 aromatic heterocycles. The van der Waals surface area contributed by atoms with Crippen LogP contribution < -0.4 is 5.73 Å². The van der Waals surface area contributed by atoms with Crippen LogP contribution in [0.1, 0.15) is 122 Å². The SMILES string of the molecule is CC[C@H]1OC(=O)[C@H](C)[C@@H](O[C@H]2C[C@@](C)(OC)[C@@H](N)[C@H](C)O2)[C@H](C)[C@@H](O[C@@H]2O[C@H](C)C[C@H](N(C)CCC(C)(C)C)[C@H]2O)[C@](C)(O)C[C@@H](C)CN(C)[C@H](C)[C@@H](O)[C@]1(C)O. The summed E-state index contributed by atoms with van der Waals surface area (Å²) in [5.74, 6) is -2.51. The molecule has 0 aliphatic carbocycles. The molecule has 3 heterocycles. The second-order valence-electron chi connectivity index (χ2n) is 20.1. The summed E-state index contributed by atoms with van der Waals surface area (Å²) >= 11 is 0. The van der Waals surface area contributed by atoms with E-state index < -0.39 is 95.9 Å². The van der Waals surface area contributed by atoms with Gasteiger partial charge in [0.15, 0.2) is 12.6 Å². The maximum Gasteiger partial charge on any atom is 0.311 e. The van der Waals surface area contributed by atoms with Crippen LogP contribution in [-0.4, -0.2) is 161 Å². The van der Waals surface area contributed by atoms with Crippen molar-refractivity contribution >= 4 is 5.97 Å². The van der Waals surface area contributed by atoms with Gasteiger partial charge in [-0.1, -0.05) is 41.5 Å². The fraction of sp³-hybridized carbons (Fsp3) is 0.977. The van der Waals surface area contributed by atoms with E-state index in [0.717, 1.165) is 13.0 Å². The first-order valence-electron chi connectivity index (χ1n) is 21.4. The van der Waals surface area contributed by atoms with Crippen molar-refractivity contribution in [2.75, 3.05) is 34.3 Å². The molecule has 0 aromatic rings. The summed E-state index contributed by atoms with van der Waals surface area (Å²) in [6.45, 7) is 25.9. The Balaban J connectivity index is 2.16. The van der Waals surface area contributed by atoms with E-state index in [1.165, 1.54) is 6.92 Å². The quantitative estimate of drug-likeness (QED) is 0.212. The normalized spacial score (nSPS) is 46.6. The lowest BCUT2D eigenvalue weighted by molar-refractivity contribution is -0.311. The molecule has 3 rings (SSSR count). The smallest absolute Gasteiger partial charge is 0.311 e. The molecule has 14 heteroatoms. The number of likely N-dealkylation sites (N-methyl/N-ethyl adjacent to an activating group) is 2. The number of esters is 1. The molecule has 57 heavy (non-hydrogen) atoms. The van der Waals surface area contributed by atoms with Gasteiger partial charge in [0.1, 0.15) is 23.9 Å². The van der Waals surface area contributed by atoms with Gasteiger partial charge in [-0.2, -0.15) is 0 Å². The number of methoxy groups -OCH3 is 1. The zero-order valence-electron chi connectivity index (χ0n) is 38.2. The summed E-state index contributed by atoms with van der Waals surface area (Å²) in [6.07, 6.45) is -5.79. The minimum absolute atomic E-state index is 0.108. The van der Waals surface area contributed by atoms with E-state index in [2.05, 4.69) is 25.7 Å². The van der Waals surface area contributed by atoms with Gasteiger partial charge in [-0.15, -0.1) is 0 Å². The average molecular weight is 818 g/mol. The summed E-state index contributed by atoms with van der Waals surface area (Å²) in [5.41, 5.74) is 2.49. The minimum atomic E-state index is -1.79. The molecule has 14 nitrogen and oxygen atoms in total. The molecule has 0 saturated carbocycles. The largest absolute Gasteiger partial charge is 0.459 e. The molecule has 0 aromatic carbocycles. The number of rotatable bonds is 9. The third-order valence-corrected chi connectivity index (χ3v) is 13.5. The van der Waals surface area contributed by atoms with Crippen molar-refractivity contribution in [1.82, 2.24) is 9.80 Å². The van der Waals surface area contributed by atoms with Crippen molar-refractivity contribution in [3.05, 3.63) is 0 Å². The highest BCUT2D eigenvalue weighted by atomic mass is 16.7. The number of cyclic esters (lactones) is 1. The molecule has 0 bridgehead atoms. The minimum Gasteiger partial charge on any atom is -0.459 e. The molecule has 0 amide bonds. The summed E-state index contributed by atoms with van der Waals surface area (Å²) in [4.78, 5) is 18.5. The van der Waals surface area contributed by atoms with Gasteiger partial charge in [-0.3, -0.25) is 4.79 Å². The first-order valence-corrected chi connectivity index (χ1v) is 21.4. The van der Waals surface area contributed by atoms with E-state index in [4.69, 9.17) is 34.2 Å². The molecule has 3 aliphatic rings. The van der Waals surface area contributed by atoms with Crippen LogP contribution in [0.4, 0.5) is 0 Å². The van der Waals surface area contributed by atoms with Gasteiger partial charge in [-0.05, 0) is 106 Å². The van der Waals surface area contributed by atoms with Gasteiger partial charge in [0.2, 0.25) is 0 Å². The van der Waals surface area contributed by atoms with E-state index in [-0.39, 0.29) is 42.7 Å². The van der Waals surface area contributed by atoms with Crippen molar-refractivity contribution in [2.45, 2.75) is 212 Å². The third kappa shape index (κ3) is 12.3. The Morgan fingerprint density at radius 2 is 1.61 bits per heavy atom. The van der Waals surface area contributed by atoms with Crippen LogP contribution in [0.25, 0.3) is 0 Å². The molecule has 0 unspecified atom stereocenters. The molecule has 0 spiro atoms.